The lowest BCUT2D eigenvalue weighted by molar-refractivity contribution is -0.0923. The largest absolute Gasteiger partial charge is 0.480 e. The first-order valence-electron chi connectivity index (χ1n) is 8.06. The molecular weight excluding hydrogens is 355 g/mol. The Bertz CT molecular complexity index is 854. The summed E-state index contributed by atoms with van der Waals surface area (Å²) in [5.74, 6) is -0.575. The van der Waals surface area contributed by atoms with Crippen LogP contribution in [0, 0.1) is 6.92 Å². The van der Waals surface area contributed by atoms with E-state index in [1.807, 2.05) is 6.92 Å². The van der Waals surface area contributed by atoms with Crippen molar-refractivity contribution in [3.8, 4) is 0 Å². The van der Waals surface area contributed by atoms with Crippen molar-refractivity contribution < 1.29 is 17.9 Å². The first-order chi connectivity index (χ1) is 12.7. The van der Waals surface area contributed by atoms with Crippen LogP contribution in [0.2, 0.25) is 0 Å². The number of aliphatic imine (C=N–C) groups is 1. The van der Waals surface area contributed by atoms with Gasteiger partial charge < -0.3 is 10.1 Å². The Morgan fingerprint density at radius 2 is 1.85 bits per heavy atom. The number of allylic oxidation sites excluding steroid dienone is 1. The number of benzene rings is 1. The van der Waals surface area contributed by atoms with E-state index in [2.05, 4.69) is 21.9 Å². The summed E-state index contributed by atoms with van der Waals surface area (Å²) >= 11 is 0. The van der Waals surface area contributed by atoms with Gasteiger partial charge >= 0.3 is 6.18 Å². The Labute approximate surface area is 156 Å². The average Bonchev–Trinajstić information content (AvgIpc) is 2.62. The highest BCUT2D eigenvalue weighted by molar-refractivity contribution is 5.99. The van der Waals surface area contributed by atoms with Crippen LogP contribution in [0.4, 0.5) is 18.9 Å². The first kappa shape index (κ1) is 20.2. The minimum atomic E-state index is -4.71. The van der Waals surface area contributed by atoms with E-state index in [0.717, 1.165) is 12.7 Å². The smallest absolute Gasteiger partial charge is 0.423 e. The number of nitrogens with zero attached hydrogens (tertiary/aromatic N) is 2. The van der Waals surface area contributed by atoms with Crippen LogP contribution in [0.1, 0.15) is 18.1 Å². The maximum absolute atomic E-state index is 13.7. The second-order valence-electron chi connectivity index (χ2n) is 5.79. The van der Waals surface area contributed by atoms with E-state index in [1.54, 1.807) is 49.5 Å². The topological polar surface area (TPSA) is 46.5 Å². The van der Waals surface area contributed by atoms with Gasteiger partial charge in [-0.3, -0.25) is 4.98 Å². The van der Waals surface area contributed by atoms with Gasteiger partial charge in [0.05, 0.1) is 12.8 Å². The first-order valence-corrected chi connectivity index (χ1v) is 8.06. The molecule has 7 heteroatoms. The minimum absolute atomic E-state index is 0.338. The highest BCUT2D eigenvalue weighted by atomic mass is 19.4. The lowest BCUT2D eigenvalue weighted by Crippen LogP contribution is -2.20. The highest BCUT2D eigenvalue weighted by Crippen LogP contribution is 2.34. The molecule has 27 heavy (non-hydrogen) atoms. The Morgan fingerprint density at radius 3 is 2.37 bits per heavy atom. The summed E-state index contributed by atoms with van der Waals surface area (Å²) in [7, 11) is 1.14. The summed E-state index contributed by atoms with van der Waals surface area (Å²) in [5.41, 5.74) is 0.970. The SMILES string of the molecule is C=C(Nc1ccc(C)cc1)/C(=C(\N=C(/C)c1cccnc1)OC)C(F)(F)F. The van der Waals surface area contributed by atoms with Crippen LogP contribution in [-0.4, -0.2) is 24.0 Å². The van der Waals surface area contributed by atoms with Crippen molar-refractivity contribution in [2.75, 3.05) is 12.4 Å². The molecule has 0 unspecified atom stereocenters. The number of halogens is 3. The molecule has 2 rings (SSSR count). The molecule has 4 nitrogen and oxygen atoms in total. The molecule has 0 aliphatic rings. The van der Waals surface area contributed by atoms with Crippen LogP contribution in [0.25, 0.3) is 0 Å². The highest BCUT2D eigenvalue weighted by Gasteiger charge is 2.40. The number of rotatable bonds is 6. The van der Waals surface area contributed by atoms with Crippen LogP contribution in [0.5, 0.6) is 0 Å². The zero-order chi connectivity index (χ0) is 20.0. The summed E-state index contributed by atoms with van der Waals surface area (Å²) in [6.45, 7) is 7.01. The fraction of sp³-hybridized carbons (Fsp3) is 0.200. The van der Waals surface area contributed by atoms with E-state index in [4.69, 9.17) is 4.74 Å². The van der Waals surface area contributed by atoms with Crippen LogP contribution in [0.3, 0.4) is 0 Å². The number of aryl methyl sites for hydroxylation is 1. The zero-order valence-corrected chi connectivity index (χ0v) is 15.3. The van der Waals surface area contributed by atoms with Crippen LogP contribution in [-0.2, 0) is 4.74 Å². The predicted molar refractivity (Wildman–Crippen MR) is 100 cm³/mol. The van der Waals surface area contributed by atoms with E-state index in [-0.39, 0.29) is 5.70 Å². The van der Waals surface area contributed by atoms with Crippen LogP contribution >= 0.6 is 0 Å². The molecule has 0 spiro atoms. The number of methoxy groups -OCH3 is 1. The summed E-state index contributed by atoms with van der Waals surface area (Å²) in [6.07, 6.45) is -1.63. The van der Waals surface area contributed by atoms with Crippen molar-refractivity contribution in [1.29, 1.82) is 0 Å². The Morgan fingerprint density at radius 1 is 1.19 bits per heavy atom. The normalized spacial score (nSPS) is 13.0. The van der Waals surface area contributed by atoms with Gasteiger partial charge in [-0.15, -0.1) is 0 Å². The van der Waals surface area contributed by atoms with Crippen molar-refractivity contribution in [2.45, 2.75) is 20.0 Å². The van der Waals surface area contributed by atoms with E-state index in [9.17, 15) is 13.2 Å². The molecule has 0 saturated heterocycles. The fourth-order valence-corrected chi connectivity index (χ4v) is 2.29. The third-order valence-corrected chi connectivity index (χ3v) is 3.69. The van der Waals surface area contributed by atoms with Gasteiger partial charge in [-0.2, -0.15) is 13.2 Å². The van der Waals surface area contributed by atoms with E-state index < -0.39 is 17.6 Å². The molecule has 142 valence electrons. The maximum atomic E-state index is 13.7. The Balaban J connectivity index is 2.44. The molecule has 1 N–H and O–H groups in total. The van der Waals surface area contributed by atoms with Gasteiger partial charge in [0, 0.05) is 29.3 Å². The molecule has 0 atom stereocenters. The third-order valence-electron chi connectivity index (χ3n) is 3.69. The Hall–Kier alpha value is -3.09. The third kappa shape index (κ3) is 5.44. The molecule has 0 aliphatic carbocycles. The number of hydrogen-bond acceptors (Lipinski definition) is 4. The van der Waals surface area contributed by atoms with Crippen molar-refractivity contribution in [3.05, 3.63) is 83.7 Å². The molecule has 1 heterocycles. The van der Waals surface area contributed by atoms with Gasteiger partial charge in [-0.25, -0.2) is 4.99 Å². The monoisotopic (exact) mass is 375 g/mol. The zero-order valence-electron chi connectivity index (χ0n) is 15.3. The molecule has 0 saturated carbocycles. The van der Waals surface area contributed by atoms with E-state index in [1.165, 1.54) is 6.20 Å². The molecular formula is C20H20F3N3O. The second-order valence-corrected chi connectivity index (χ2v) is 5.79. The standard InChI is InChI=1S/C20H20F3N3O/c1-13-7-9-17(10-8-13)25-15(3)18(20(21,22)23)19(27-4)26-14(2)16-6-5-11-24-12-16/h5-12,25H,3H2,1-2,4H3/b19-18-,26-14+. The quantitative estimate of drug-likeness (QED) is 0.426. The van der Waals surface area contributed by atoms with Crippen molar-refractivity contribution in [3.63, 3.8) is 0 Å². The molecule has 0 amide bonds. The lowest BCUT2D eigenvalue weighted by atomic mass is 10.1. The van der Waals surface area contributed by atoms with Crippen molar-refractivity contribution in [2.24, 2.45) is 4.99 Å². The molecule has 0 fully saturated rings. The number of pyridine rings is 1. The summed E-state index contributed by atoms with van der Waals surface area (Å²) in [4.78, 5) is 7.96. The fourth-order valence-electron chi connectivity index (χ4n) is 2.29. The number of alkyl halides is 3. The van der Waals surface area contributed by atoms with Gasteiger partial charge in [-0.1, -0.05) is 30.3 Å². The van der Waals surface area contributed by atoms with Gasteiger partial charge in [0.2, 0.25) is 5.88 Å². The molecule has 1 aromatic heterocycles. The molecule has 0 bridgehead atoms. The maximum Gasteiger partial charge on any atom is 0.423 e. The van der Waals surface area contributed by atoms with Gasteiger partial charge in [-0.05, 0) is 32.0 Å². The van der Waals surface area contributed by atoms with Gasteiger partial charge in [0.25, 0.3) is 0 Å². The second kappa shape index (κ2) is 8.53. The summed E-state index contributed by atoms with van der Waals surface area (Å²) in [6, 6.07) is 10.3. The molecule has 0 radical (unpaired) electrons. The van der Waals surface area contributed by atoms with Gasteiger partial charge in [0.15, 0.2) is 0 Å². The molecule has 1 aromatic carbocycles. The number of anilines is 1. The van der Waals surface area contributed by atoms with Crippen LogP contribution < -0.4 is 5.32 Å². The molecule has 2 aromatic rings. The Kier molecular flexibility index (Phi) is 6.39. The van der Waals surface area contributed by atoms with E-state index in [0.29, 0.717) is 17.0 Å². The molecule has 0 aliphatic heterocycles. The van der Waals surface area contributed by atoms with Gasteiger partial charge in [0.1, 0.15) is 5.57 Å². The van der Waals surface area contributed by atoms with Crippen molar-refractivity contribution >= 4 is 11.4 Å². The van der Waals surface area contributed by atoms with Crippen LogP contribution in [0.15, 0.2) is 77.5 Å². The number of hydrogen-bond donors (Lipinski definition) is 1. The average molecular weight is 375 g/mol. The summed E-state index contributed by atoms with van der Waals surface area (Å²) in [5, 5.41) is 2.67. The number of nitrogens with one attached hydrogen (secondary N) is 1. The predicted octanol–water partition coefficient (Wildman–Crippen LogP) is 5.25. The number of ether oxygens (including phenoxy) is 1. The summed E-state index contributed by atoms with van der Waals surface area (Å²) < 4.78 is 46.1. The minimum Gasteiger partial charge on any atom is -0.480 e. The number of aromatic nitrogens is 1. The van der Waals surface area contributed by atoms with E-state index >= 15 is 0 Å². The lowest BCUT2D eigenvalue weighted by Gasteiger charge is -2.18. The van der Waals surface area contributed by atoms with Crippen molar-refractivity contribution in [1.82, 2.24) is 4.98 Å².